The number of ether oxygens (including phenoxy) is 1. The summed E-state index contributed by atoms with van der Waals surface area (Å²) < 4.78 is 40.2. The molecule has 1 N–H and O–H groups in total. The molecule has 1 aromatic heterocycles. The minimum atomic E-state index is -4.72. The zero-order valence-electron chi connectivity index (χ0n) is 11.1. The Morgan fingerprint density at radius 2 is 1.64 bits per heavy atom. The Balaban J connectivity index is 1.99. The molecule has 0 saturated carbocycles. The summed E-state index contributed by atoms with van der Waals surface area (Å²) in [6.45, 7) is 0. The van der Waals surface area contributed by atoms with Crippen molar-refractivity contribution in [2.75, 3.05) is 0 Å². The maximum Gasteiger partial charge on any atom is 0.573 e. The number of halogens is 3. The number of aromatic amines is 1. The Kier molecular flexibility index (Phi) is 3.36. The first-order valence-electron chi connectivity index (χ1n) is 6.41. The highest BCUT2D eigenvalue weighted by atomic mass is 19.4. The minimum Gasteiger partial charge on any atom is -0.406 e. The highest BCUT2D eigenvalue weighted by molar-refractivity contribution is 5.85. The molecule has 0 radical (unpaired) electrons. The van der Waals surface area contributed by atoms with Crippen molar-refractivity contribution in [3.05, 3.63) is 65.0 Å². The summed E-state index contributed by atoms with van der Waals surface area (Å²) in [7, 11) is 0. The molecule has 6 heteroatoms. The van der Waals surface area contributed by atoms with Crippen LogP contribution in [0.2, 0.25) is 0 Å². The van der Waals surface area contributed by atoms with Crippen LogP contribution in [0.5, 0.6) is 5.75 Å². The Labute approximate surface area is 123 Å². The second-order valence-electron chi connectivity index (χ2n) is 4.67. The van der Waals surface area contributed by atoms with Gasteiger partial charge in [-0.3, -0.25) is 4.79 Å². The van der Waals surface area contributed by atoms with Crippen LogP contribution in [0.4, 0.5) is 13.2 Å². The fraction of sp³-hybridized carbons (Fsp3) is 0.0625. The third-order valence-electron chi connectivity index (χ3n) is 3.15. The van der Waals surface area contributed by atoms with Crippen molar-refractivity contribution >= 4 is 10.8 Å². The summed E-state index contributed by atoms with van der Waals surface area (Å²) in [6.07, 6.45) is -4.72. The number of H-pyrrole nitrogens is 1. The van der Waals surface area contributed by atoms with E-state index in [1.807, 2.05) is 6.07 Å². The zero-order chi connectivity index (χ0) is 15.7. The van der Waals surface area contributed by atoms with E-state index in [0.717, 1.165) is 5.39 Å². The first kappa shape index (κ1) is 14.2. The predicted molar refractivity (Wildman–Crippen MR) is 76.7 cm³/mol. The quantitative estimate of drug-likeness (QED) is 0.774. The van der Waals surface area contributed by atoms with E-state index in [-0.39, 0.29) is 11.3 Å². The smallest absolute Gasteiger partial charge is 0.406 e. The molecule has 3 rings (SSSR count). The summed E-state index contributed by atoms with van der Waals surface area (Å²) in [5.41, 5.74) is 0.878. The first-order chi connectivity index (χ1) is 10.4. The third-order valence-corrected chi connectivity index (χ3v) is 3.15. The van der Waals surface area contributed by atoms with Crippen LogP contribution in [0, 0.1) is 0 Å². The van der Waals surface area contributed by atoms with Crippen molar-refractivity contribution in [2.45, 2.75) is 6.36 Å². The van der Waals surface area contributed by atoms with Crippen LogP contribution in [0.25, 0.3) is 22.0 Å². The molecule has 22 heavy (non-hydrogen) atoms. The molecule has 112 valence electrons. The number of fused-ring (bicyclic) bond motifs is 1. The second-order valence-corrected chi connectivity index (χ2v) is 4.67. The Hall–Kier alpha value is -2.76. The van der Waals surface area contributed by atoms with Crippen molar-refractivity contribution in [2.24, 2.45) is 0 Å². The first-order valence-corrected chi connectivity index (χ1v) is 6.41. The van der Waals surface area contributed by atoms with E-state index in [0.29, 0.717) is 16.6 Å². The van der Waals surface area contributed by atoms with Gasteiger partial charge in [-0.15, -0.1) is 13.2 Å². The van der Waals surface area contributed by atoms with Crippen LogP contribution in [-0.2, 0) is 0 Å². The largest absolute Gasteiger partial charge is 0.573 e. The molecule has 0 saturated heterocycles. The Morgan fingerprint density at radius 1 is 0.955 bits per heavy atom. The van der Waals surface area contributed by atoms with E-state index in [1.54, 1.807) is 24.3 Å². The molecular weight excluding hydrogens is 295 g/mol. The molecule has 3 aromatic rings. The van der Waals surface area contributed by atoms with E-state index >= 15 is 0 Å². The molecule has 0 aliphatic heterocycles. The lowest BCUT2D eigenvalue weighted by Crippen LogP contribution is -2.17. The summed E-state index contributed by atoms with van der Waals surface area (Å²) in [4.78, 5) is 14.7. The number of rotatable bonds is 2. The van der Waals surface area contributed by atoms with Crippen LogP contribution in [0.3, 0.4) is 0 Å². The normalized spacial score (nSPS) is 11.6. The summed E-state index contributed by atoms with van der Waals surface area (Å²) >= 11 is 0. The number of benzene rings is 2. The molecule has 0 aliphatic rings. The molecule has 0 unspecified atom stereocenters. The number of aromatic nitrogens is 1. The lowest BCUT2D eigenvalue weighted by molar-refractivity contribution is -0.274. The van der Waals surface area contributed by atoms with E-state index in [1.165, 1.54) is 24.3 Å². The molecule has 0 aliphatic carbocycles. The van der Waals surface area contributed by atoms with E-state index in [2.05, 4.69) is 9.72 Å². The fourth-order valence-corrected chi connectivity index (χ4v) is 2.20. The standard InChI is InChI=1S/C16H10F3NO2/c17-16(18,19)22-12-7-5-10(6-8-12)14-9-11-3-1-2-4-13(11)15(21)20-14/h1-9H,(H,20,21). The number of alkyl halides is 3. The minimum absolute atomic E-state index is 0.247. The van der Waals surface area contributed by atoms with Gasteiger partial charge in [0.1, 0.15) is 5.75 Å². The predicted octanol–water partition coefficient (Wildman–Crippen LogP) is 4.09. The second kappa shape index (κ2) is 5.22. The molecule has 2 aromatic carbocycles. The summed E-state index contributed by atoms with van der Waals surface area (Å²) in [5.74, 6) is -0.306. The van der Waals surface area contributed by atoms with Crippen LogP contribution in [0.1, 0.15) is 0 Å². The van der Waals surface area contributed by atoms with E-state index < -0.39 is 6.36 Å². The van der Waals surface area contributed by atoms with Crippen molar-refractivity contribution in [3.8, 4) is 17.0 Å². The SMILES string of the molecule is O=c1[nH]c(-c2ccc(OC(F)(F)F)cc2)cc2ccccc12. The van der Waals surface area contributed by atoms with Crippen molar-refractivity contribution in [3.63, 3.8) is 0 Å². The highest BCUT2D eigenvalue weighted by Crippen LogP contribution is 2.26. The van der Waals surface area contributed by atoms with Gasteiger partial charge in [-0.2, -0.15) is 0 Å². The fourth-order valence-electron chi connectivity index (χ4n) is 2.20. The molecule has 3 nitrogen and oxygen atoms in total. The monoisotopic (exact) mass is 305 g/mol. The van der Waals surface area contributed by atoms with Gasteiger partial charge in [-0.05, 0) is 47.3 Å². The molecule has 0 fully saturated rings. The highest BCUT2D eigenvalue weighted by Gasteiger charge is 2.30. The maximum absolute atomic E-state index is 12.1. The van der Waals surface area contributed by atoms with E-state index in [9.17, 15) is 18.0 Å². The number of hydrogen-bond acceptors (Lipinski definition) is 2. The lowest BCUT2D eigenvalue weighted by atomic mass is 10.1. The van der Waals surface area contributed by atoms with Gasteiger partial charge in [0.15, 0.2) is 0 Å². The average molecular weight is 305 g/mol. The third kappa shape index (κ3) is 2.95. The van der Waals surface area contributed by atoms with Gasteiger partial charge in [-0.25, -0.2) is 0 Å². The van der Waals surface area contributed by atoms with Gasteiger partial charge >= 0.3 is 6.36 Å². The Morgan fingerprint density at radius 3 is 2.32 bits per heavy atom. The van der Waals surface area contributed by atoms with Crippen LogP contribution in [-0.4, -0.2) is 11.3 Å². The summed E-state index contributed by atoms with van der Waals surface area (Å²) in [6, 6.07) is 14.2. The lowest BCUT2D eigenvalue weighted by Gasteiger charge is -2.09. The Bertz CT molecular complexity index is 867. The molecule has 0 amide bonds. The topological polar surface area (TPSA) is 42.1 Å². The number of nitrogens with one attached hydrogen (secondary N) is 1. The van der Waals surface area contributed by atoms with Crippen LogP contribution < -0.4 is 10.3 Å². The van der Waals surface area contributed by atoms with Gasteiger partial charge in [0.2, 0.25) is 0 Å². The molecule has 0 atom stereocenters. The maximum atomic E-state index is 12.1. The molecule has 1 heterocycles. The van der Waals surface area contributed by atoms with Crippen molar-refractivity contribution in [1.82, 2.24) is 4.98 Å². The molecular formula is C16H10F3NO2. The van der Waals surface area contributed by atoms with Gasteiger partial charge in [0.25, 0.3) is 5.56 Å². The average Bonchev–Trinajstić information content (AvgIpc) is 2.46. The van der Waals surface area contributed by atoms with E-state index in [4.69, 9.17) is 0 Å². The van der Waals surface area contributed by atoms with Gasteiger partial charge in [0.05, 0.1) is 0 Å². The van der Waals surface area contributed by atoms with Crippen molar-refractivity contribution < 1.29 is 17.9 Å². The van der Waals surface area contributed by atoms with Crippen LogP contribution in [0.15, 0.2) is 59.4 Å². The molecule has 0 spiro atoms. The van der Waals surface area contributed by atoms with Gasteiger partial charge in [0, 0.05) is 11.1 Å². The zero-order valence-corrected chi connectivity index (χ0v) is 11.1. The van der Waals surface area contributed by atoms with Gasteiger partial charge in [-0.1, -0.05) is 18.2 Å². The number of hydrogen-bond donors (Lipinski definition) is 1. The van der Waals surface area contributed by atoms with Crippen molar-refractivity contribution in [1.29, 1.82) is 0 Å². The summed E-state index contributed by atoms with van der Waals surface area (Å²) in [5, 5.41) is 1.32. The number of pyridine rings is 1. The molecule has 0 bridgehead atoms. The van der Waals surface area contributed by atoms with Crippen LogP contribution >= 0.6 is 0 Å². The van der Waals surface area contributed by atoms with Gasteiger partial charge < -0.3 is 9.72 Å².